The van der Waals surface area contributed by atoms with E-state index in [4.69, 9.17) is 9.47 Å². The van der Waals surface area contributed by atoms with Crippen molar-refractivity contribution in [2.45, 2.75) is 63.7 Å². The molecule has 0 radical (unpaired) electrons. The van der Waals surface area contributed by atoms with E-state index in [1.165, 1.54) is 5.56 Å². The first-order valence-corrected chi connectivity index (χ1v) is 16.0. The third kappa shape index (κ3) is 7.05. The highest BCUT2D eigenvalue weighted by atomic mass is 16.5. The summed E-state index contributed by atoms with van der Waals surface area (Å²) in [4.78, 5) is 37.3. The molecule has 3 fully saturated rings. The first kappa shape index (κ1) is 30.1. The second-order valence-corrected chi connectivity index (χ2v) is 12.0. The average Bonchev–Trinajstić information content (AvgIpc) is 3.43. The monoisotopic (exact) mass is 597 g/mol. The van der Waals surface area contributed by atoms with Crippen LogP contribution in [0, 0.1) is 0 Å². The van der Waals surface area contributed by atoms with E-state index in [2.05, 4.69) is 55.3 Å². The van der Waals surface area contributed by atoms with Crippen molar-refractivity contribution in [2.24, 2.45) is 0 Å². The SMILES string of the molecule is CCCNC(=O)c1ccc(Oc2ccc(CN3CCC(N4C(=O)N(C5CCOCC5)CC4c4ccccc4)CC3)cn2)cc1. The van der Waals surface area contributed by atoms with Crippen LogP contribution in [0.1, 0.15) is 66.6 Å². The maximum atomic E-state index is 13.9. The zero-order valence-electron chi connectivity index (χ0n) is 25.6. The number of carbonyl (C=O) groups is 2. The van der Waals surface area contributed by atoms with Crippen LogP contribution in [0.2, 0.25) is 0 Å². The highest BCUT2D eigenvalue weighted by molar-refractivity contribution is 5.94. The Morgan fingerprint density at radius 2 is 1.70 bits per heavy atom. The fourth-order valence-corrected chi connectivity index (χ4v) is 6.60. The number of hydrogen-bond acceptors (Lipinski definition) is 6. The van der Waals surface area contributed by atoms with Gasteiger partial charge in [0.05, 0.1) is 6.04 Å². The van der Waals surface area contributed by atoms with Crippen LogP contribution in [0.25, 0.3) is 0 Å². The van der Waals surface area contributed by atoms with Crippen LogP contribution in [0.5, 0.6) is 11.6 Å². The summed E-state index contributed by atoms with van der Waals surface area (Å²) in [6, 6.07) is 22.4. The van der Waals surface area contributed by atoms with E-state index >= 15 is 0 Å². The quantitative estimate of drug-likeness (QED) is 0.326. The van der Waals surface area contributed by atoms with E-state index in [1.54, 1.807) is 24.3 Å². The van der Waals surface area contributed by atoms with Crippen molar-refractivity contribution in [3.05, 3.63) is 89.6 Å². The molecule has 1 atom stereocenters. The highest BCUT2D eigenvalue weighted by Gasteiger charge is 2.45. The Morgan fingerprint density at radius 3 is 2.39 bits per heavy atom. The van der Waals surface area contributed by atoms with Gasteiger partial charge in [0, 0.05) is 75.8 Å². The van der Waals surface area contributed by atoms with Gasteiger partial charge in [-0.25, -0.2) is 9.78 Å². The normalized spacial score (nSPS) is 20.2. The lowest BCUT2D eigenvalue weighted by Crippen LogP contribution is -2.48. The zero-order chi connectivity index (χ0) is 30.3. The van der Waals surface area contributed by atoms with E-state index in [0.29, 0.717) is 23.7 Å². The number of nitrogens with one attached hydrogen (secondary N) is 1. The zero-order valence-corrected chi connectivity index (χ0v) is 25.6. The van der Waals surface area contributed by atoms with Crippen molar-refractivity contribution in [1.82, 2.24) is 25.0 Å². The molecule has 2 aromatic carbocycles. The molecule has 6 rings (SSSR count). The number of piperidine rings is 1. The summed E-state index contributed by atoms with van der Waals surface area (Å²) >= 11 is 0. The summed E-state index contributed by atoms with van der Waals surface area (Å²) in [7, 11) is 0. The third-order valence-corrected chi connectivity index (χ3v) is 9.02. The van der Waals surface area contributed by atoms with Crippen LogP contribution in [-0.4, -0.2) is 83.1 Å². The third-order valence-electron chi connectivity index (χ3n) is 9.02. The van der Waals surface area contributed by atoms with E-state index < -0.39 is 0 Å². The van der Waals surface area contributed by atoms with Crippen LogP contribution in [-0.2, 0) is 11.3 Å². The molecule has 3 saturated heterocycles. The lowest BCUT2D eigenvalue weighted by molar-refractivity contribution is 0.0493. The van der Waals surface area contributed by atoms with Gasteiger partial charge >= 0.3 is 6.03 Å². The van der Waals surface area contributed by atoms with Gasteiger partial charge in [-0.3, -0.25) is 9.69 Å². The molecule has 0 spiro atoms. The van der Waals surface area contributed by atoms with E-state index in [1.807, 2.05) is 25.3 Å². The fourth-order valence-electron chi connectivity index (χ4n) is 6.60. The van der Waals surface area contributed by atoms with Crippen LogP contribution in [0.4, 0.5) is 4.79 Å². The highest BCUT2D eigenvalue weighted by Crippen LogP contribution is 2.37. The second-order valence-electron chi connectivity index (χ2n) is 12.0. The molecule has 232 valence electrons. The Hall–Kier alpha value is -3.95. The van der Waals surface area contributed by atoms with Crippen molar-refractivity contribution in [3.63, 3.8) is 0 Å². The van der Waals surface area contributed by atoms with Crippen LogP contribution < -0.4 is 10.1 Å². The van der Waals surface area contributed by atoms with Crippen molar-refractivity contribution in [3.8, 4) is 11.6 Å². The molecule has 9 nitrogen and oxygen atoms in total. The number of likely N-dealkylation sites (tertiary alicyclic amines) is 1. The molecular weight excluding hydrogens is 554 g/mol. The molecule has 0 bridgehead atoms. The van der Waals surface area contributed by atoms with Gasteiger partial charge in [-0.2, -0.15) is 0 Å². The predicted octanol–water partition coefficient (Wildman–Crippen LogP) is 5.64. The minimum absolute atomic E-state index is 0.0788. The minimum Gasteiger partial charge on any atom is -0.439 e. The van der Waals surface area contributed by atoms with Crippen LogP contribution in [0.15, 0.2) is 72.9 Å². The number of rotatable bonds is 10. The number of carbonyl (C=O) groups excluding carboxylic acids is 2. The molecule has 3 aliphatic rings. The lowest BCUT2D eigenvalue weighted by atomic mass is 9.99. The van der Waals surface area contributed by atoms with Crippen molar-refractivity contribution >= 4 is 11.9 Å². The van der Waals surface area contributed by atoms with Gasteiger partial charge < -0.3 is 24.6 Å². The molecule has 3 aliphatic heterocycles. The van der Waals surface area contributed by atoms with Gasteiger partial charge in [-0.05, 0) is 67.5 Å². The summed E-state index contributed by atoms with van der Waals surface area (Å²) in [6.45, 7) is 7.59. The van der Waals surface area contributed by atoms with Crippen molar-refractivity contribution < 1.29 is 19.1 Å². The van der Waals surface area contributed by atoms with Gasteiger partial charge in [0.25, 0.3) is 5.91 Å². The van der Waals surface area contributed by atoms with Crippen molar-refractivity contribution in [1.29, 1.82) is 0 Å². The van der Waals surface area contributed by atoms with Crippen LogP contribution >= 0.6 is 0 Å². The van der Waals surface area contributed by atoms with E-state index in [9.17, 15) is 9.59 Å². The molecule has 3 aromatic rings. The largest absolute Gasteiger partial charge is 0.439 e. The summed E-state index contributed by atoms with van der Waals surface area (Å²) in [5, 5.41) is 2.88. The molecule has 0 aliphatic carbocycles. The Kier molecular flexibility index (Phi) is 9.73. The van der Waals surface area contributed by atoms with Gasteiger partial charge in [0.2, 0.25) is 5.88 Å². The molecular formula is C35H43N5O4. The topological polar surface area (TPSA) is 87.2 Å². The van der Waals surface area contributed by atoms with E-state index in [0.717, 1.165) is 77.1 Å². The summed E-state index contributed by atoms with van der Waals surface area (Å²) < 4.78 is 11.5. The summed E-state index contributed by atoms with van der Waals surface area (Å²) in [5.74, 6) is 1.08. The van der Waals surface area contributed by atoms with Gasteiger partial charge in [-0.1, -0.05) is 43.3 Å². The van der Waals surface area contributed by atoms with Crippen molar-refractivity contribution in [2.75, 3.05) is 39.4 Å². The number of aromatic nitrogens is 1. The molecule has 1 unspecified atom stereocenters. The Morgan fingerprint density at radius 1 is 0.955 bits per heavy atom. The fraction of sp³-hybridized carbons (Fsp3) is 0.457. The molecule has 1 N–H and O–H groups in total. The van der Waals surface area contributed by atoms with E-state index in [-0.39, 0.29) is 30.1 Å². The number of ether oxygens (including phenoxy) is 2. The summed E-state index contributed by atoms with van der Waals surface area (Å²) in [6.07, 6.45) is 6.52. The number of nitrogens with zero attached hydrogens (tertiary/aromatic N) is 4. The smallest absolute Gasteiger partial charge is 0.321 e. The van der Waals surface area contributed by atoms with Gasteiger partial charge in [-0.15, -0.1) is 0 Å². The number of hydrogen-bond donors (Lipinski definition) is 1. The molecule has 0 saturated carbocycles. The number of benzene rings is 2. The number of pyridine rings is 1. The Bertz CT molecular complexity index is 1370. The maximum absolute atomic E-state index is 13.9. The Balaban J connectivity index is 1.03. The minimum atomic E-state index is -0.0788. The maximum Gasteiger partial charge on any atom is 0.321 e. The average molecular weight is 598 g/mol. The summed E-state index contributed by atoms with van der Waals surface area (Å²) in [5.41, 5.74) is 2.96. The standard InChI is InChI=1S/C35H43N5O4/c1-2-18-36-34(41)28-9-11-31(12-10-28)44-33-13-8-26(23-37-33)24-38-19-14-30(15-20-38)40-32(27-6-4-3-5-7-27)25-39(35(40)42)29-16-21-43-22-17-29/h3-13,23,29-30,32H,2,14-22,24-25H2,1H3,(H,36,41). The number of amides is 3. The Labute approximate surface area is 260 Å². The molecule has 3 amide bonds. The molecule has 9 heteroatoms. The molecule has 4 heterocycles. The number of urea groups is 1. The lowest BCUT2D eigenvalue weighted by Gasteiger charge is -2.39. The predicted molar refractivity (Wildman–Crippen MR) is 169 cm³/mol. The molecule has 1 aromatic heterocycles. The van der Waals surface area contributed by atoms with Crippen LogP contribution in [0.3, 0.4) is 0 Å². The van der Waals surface area contributed by atoms with Gasteiger partial charge in [0.15, 0.2) is 0 Å². The molecule has 44 heavy (non-hydrogen) atoms. The van der Waals surface area contributed by atoms with Gasteiger partial charge in [0.1, 0.15) is 5.75 Å². The first-order chi connectivity index (χ1) is 21.6. The second kappa shape index (κ2) is 14.2. The first-order valence-electron chi connectivity index (χ1n) is 16.0.